The van der Waals surface area contributed by atoms with E-state index in [0.29, 0.717) is 13.2 Å². The third-order valence-electron chi connectivity index (χ3n) is 1.19. The highest BCUT2D eigenvalue weighted by molar-refractivity contribution is 4.55. The van der Waals surface area contributed by atoms with Gasteiger partial charge in [0.1, 0.15) is 0 Å². The first-order valence-electron chi connectivity index (χ1n) is 3.17. The number of nitrogens with zero attached hydrogens (tertiary/aromatic N) is 3. The Bertz CT molecular complexity index is 138. The van der Waals surface area contributed by atoms with Crippen molar-refractivity contribution in [2.45, 2.75) is 12.7 Å². The first kappa shape index (κ1) is 7.34. The van der Waals surface area contributed by atoms with Crippen molar-refractivity contribution in [1.82, 2.24) is 0 Å². The molecule has 0 aromatic carbocycles. The van der Waals surface area contributed by atoms with Gasteiger partial charge in [0.15, 0.2) is 6.29 Å². The number of ether oxygens (including phenoxy) is 2. The molecule has 1 aliphatic heterocycles. The van der Waals surface area contributed by atoms with Crippen LogP contribution in [0.25, 0.3) is 10.4 Å². The maximum Gasteiger partial charge on any atom is 0.163 e. The molecular formula is C5H9N3O2. The van der Waals surface area contributed by atoms with E-state index >= 15 is 0 Å². The number of hydrogen-bond acceptors (Lipinski definition) is 3. The Balaban J connectivity index is 2.19. The summed E-state index contributed by atoms with van der Waals surface area (Å²) >= 11 is 0. The molecule has 0 aromatic heterocycles. The number of rotatable bonds is 2. The maximum absolute atomic E-state index is 7.94. The van der Waals surface area contributed by atoms with Crippen LogP contribution in [0.15, 0.2) is 5.11 Å². The van der Waals surface area contributed by atoms with Gasteiger partial charge in [0.05, 0.1) is 19.8 Å². The lowest BCUT2D eigenvalue weighted by Gasteiger charge is -2.21. The molecule has 0 unspecified atom stereocenters. The van der Waals surface area contributed by atoms with Gasteiger partial charge >= 0.3 is 0 Å². The zero-order chi connectivity index (χ0) is 7.23. The largest absolute Gasteiger partial charge is 0.352 e. The minimum atomic E-state index is -0.315. The van der Waals surface area contributed by atoms with Crippen LogP contribution in [0.1, 0.15) is 6.42 Å². The molecule has 10 heavy (non-hydrogen) atoms. The smallest absolute Gasteiger partial charge is 0.163 e. The Kier molecular flexibility index (Phi) is 3.02. The average molecular weight is 143 g/mol. The van der Waals surface area contributed by atoms with E-state index in [1.165, 1.54) is 0 Å². The highest BCUT2D eigenvalue weighted by Gasteiger charge is 2.11. The SMILES string of the molecule is [N-]=[N+]=NCC1OCCCO1. The molecule has 0 radical (unpaired) electrons. The predicted octanol–water partition coefficient (Wildman–Crippen LogP) is 1.06. The summed E-state index contributed by atoms with van der Waals surface area (Å²) < 4.78 is 10.2. The van der Waals surface area contributed by atoms with Gasteiger partial charge in [-0.05, 0) is 12.0 Å². The molecule has 0 saturated carbocycles. The summed E-state index contributed by atoms with van der Waals surface area (Å²) in [5, 5.41) is 3.33. The van der Waals surface area contributed by atoms with E-state index in [2.05, 4.69) is 10.0 Å². The van der Waals surface area contributed by atoms with Crippen molar-refractivity contribution in [2.24, 2.45) is 5.11 Å². The number of azide groups is 1. The molecule has 1 saturated heterocycles. The van der Waals surface area contributed by atoms with Crippen molar-refractivity contribution < 1.29 is 9.47 Å². The van der Waals surface area contributed by atoms with Crippen molar-refractivity contribution in [1.29, 1.82) is 0 Å². The van der Waals surface area contributed by atoms with Gasteiger partial charge in [-0.25, -0.2) is 0 Å². The zero-order valence-corrected chi connectivity index (χ0v) is 5.56. The molecule has 0 amide bonds. The van der Waals surface area contributed by atoms with E-state index in [1.807, 2.05) is 0 Å². The lowest BCUT2D eigenvalue weighted by Crippen LogP contribution is -2.27. The van der Waals surface area contributed by atoms with Crippen LogP contribution in [0.4, 0.5) is 0 Å². The fourth-order valence-electron chi connectivity index (χ4n) is 0.745. The van der Waals surface area contributed by atoms with Gasteiger partial charge in [-0.1, -0.05) is 5.11 Å². The van der Waals surface area contributed by atoms with Crippen LogP contribution >= 0.6 is 0 Å². The Labute approximate surface area is 58.6 Å². The molecule has 5 nitrogen and oxygen atoms in total. The molecule has 56 valence electrons. The average Bonchev–Trinajstić information content (AvgIpc) is 2.03. The molecular weight excluding hydrogens is 134 g/mol. The summed E-state index contributed by atoms with van der Waals surface area (Å²) in [6.45, 7) is 1.67. The van der Waals surface area contributed by atoms with E-state index in [9.17, 15) is 0 Å². The molecule has 0 aromatic rings. The lowest BCUT2D eigenvalue weighted by molar-refractivity contribution is -0.171. The molecule has 1 rings (SSSR count). The van der Waals surface area contributed by atoms with E-state index in [-0.39, 0.29) is 12.8 Å². The molecule has 0 atom stereocenters. The Morgan fingerprint density at radius 2 is 2.20 bits per heavy atom. The van der Waals surface area contributed by atoms with E-state index in [0.717, 1.165) is 6.42 Å². The zero-order valence-electron chi connectivity index (χ0n) is 5.56. The summed E-state index contributed by atoms with van der Waals surface area (Å²) in [6.07, 6.45) is 0.608. The molecule has 0 aliphatic carbocycles. The molecule has 0 spiro atoms. The Morgan fingerprint density at radius 1 is 1.50 bits per heavy atom. The van der Waals surface area contributed by atoms with Crippen LogP contribution < -0.4 is 0 Å². The van der Waals surface area contributed by atoms with E-state index in [4.69, 9.17) is 15.0 Å². The Morgan fingerprint density at radius 3 is 2.80 bits per heavy atom. The van der Waals surface area contributed by atoms with Crippen LogP contribution in [-0.2, 0) is 9.47 Å². The van der Waals surface area contributed by atoms with Gasteiger partial charge in [0.2, 0.25) is 0 Å². The van der Waals surface area contributed by atoms with Crippen molar-refractivity contribution in [3.05, 3.63) is 10.4 Å². The molecule has 1 heterocycles. The standard InChI is InChI=1S/C5H9N3O2/c6-8-7-4-5-9-2-1-3-10-5/h5H,1-4H2. The highest BCUT2D eigenvalue weighted by atomic mass is 16.7. The lowest BCUT2D eigenvalue weighted by atomic mass is 10.4. The van der Waals surface area contributed by atoms with Gasteiger partial charge in [0.25, 0.3) is 0 Å². The molecule has 5 heteroatoms. The topological polar surface area (TPSA) is 67.2 Å². The van der Waals surface area contributed by atoms with Crippen molar-refractivity contribution in [3.63, 3.8) is 0 Å². The van der Waals surface area contributed by atoms with Gasteiger partial charge in [-0.15, -0.1) is 0 Å². The van der Waals surface area contributed by atoms with Crippen LogP contribution in [0.2, 0.25) is 0 Å². The Hall–Kier alpha value is -0.770. The minimum Gasteiger partial charge on any atom is -0.352 e. The molecule has 0 N–H and O–H groups in total. The van der Waals surface area contributed by atoms with E-state index < -0.39 is 0 Å². The summed E-state index contributed by atoms with van der Waals surface area (Å²) in [5.74, 6) is 0. The van der Waals surface area contributed by atoms with Crippen molar-refractivity contribution in [3.8, 4) is 0 Å². The van der Waals surface area contributed by atoms with Crippen LogP contribution in [0.5, 0.6) is 0 Å². The maximum atomic E-state index is 7.94. The summed E-state index contributed by atoms with van der Waals surface area (Å²) in [4.78, 5) is 2.59. The fraction of sp³-hybridized carbons (Fsp3) is 1.00. The van der Waals surface area contributed by atoms with Crippen LogP contribution in [0.3, 0.4) is 0 Å². The van der Waals surface area contributed by atoms with E-state index in [1.54, 1.807) is 0 Å². The third kappa shape index (κ3) is 2.23. The summed E-state index contributed by atoms with van der Waals surface area (Å²) in [6, 6.07) is 0. The quantitative estimate of drug-likeness (QED) is 0.329. The second-order valence-corrected chi connectivity index (χ2v) is 1.94. The van der Waals surface area contributed by atoms with Gasteiger partial charge in [-0.3, -0.25) is 0 Å². The summed E-state index contributed by atoms with van der Waals surface area (Å²) in [5.41, 5.74) is 7.94. The van der Waals surface area contributed by atoms with Crippen LogP contribution in [0, 0.1) is 0 Å². The summed E-state index contributed by atoms with van der Waals surface area (Å²) in [7, 11) is 0. The van der Waals surface area contributed by atoms with Crippen molar-refractivity contribution >= 4 is 0 Å². The predicted molar refractivity (Wildman–Crippen MR) is 34.3 cm³/mol. The highest BCUT2D eigenvalue weighted by Crippen LogP contribution is 2.04. The first-order chi connectivity index (χ1) is 4.93. The van der Waals surface area contributed by atoms with Gasteiger partial charge in [-0.2, -0.15) is 0 Å². The fourth-order valence-corrected chi connectivity index (χ4v) is 0.745. The van der Waals surface area contributed by atoms with Gasteiger partial charge in [0, 0.05) is 4.91 Å². The number of hydrogen-bond donors (Lipinski definition) is 0. The molecule has 1 fully saturated rings. The monoisotopic (exact) mass is 143 g/mol. The third-order valence-corrected chi connectivity index (χ3v) is 1.19. The van der Waals surface area contributed by atoms with Gasteiger partial charge < -0.3 is 9.47 Å². The minimum absolute atomic E-state index is 0.274. The first-order valence-corrected chi connectivity index (χ1v) is 3.17. The second kappa shape index (κ2) is 4.11. The molecule has 0 bridgehead atoms. The second-order valence-electron chi connectivity index (χ2n) is 1.94. The normalized spacial score (nSPS) is 20.0. The van der Waals surface area contributed by atoms with Crippen molar-refractivity contribution in [2.75, 3.05) is 19.8 Å². The van der Waals surface area contributed by atoms with Crippen LogP contribution in [-0.4, -0.2) is 26.0 Å². The molecule has 1 aliphatic rings.